The summed E-state index contributed by atoms with van der Waals surface area (Å²) in [6, 6.07) is 13.4. The highest BCUT2D eigenvalue weighted by atomic mass is 19.4. The highest BCUT2D eigenvalue weighted by Gasteiger charge is 2.32. The van der Waals surface area contributed by atoms with Gasteiger partial charge in [0.15, 0.2) is 11.5 Å². The summed E-state index contributed by atoms with van der Waals surface area (Å²) in [4.78, 5) is 12.7. The van der Waals surface area contributed by atoms with Gasteiger partial charge in [-0.15, -0.1) is 0 Å². The fourth-order valence-electron chi connectivity index (χ4n) is 2.76. The van der Waals surface area contributed by atoms with E-state index >= 15 is 0 Å². The Kier molecular flexibility index (Phi) is 4.02. The maximum Gasteiger partial charge on any atom is 0.417 e. The molecule has 0 aliphatic rings. The number of fused-ring (bicyclic) bond motifs is 1. The van der Waals surface area contributed by atoms with Gasteiger partial charge in [-0.05, 0) is 42.5 Å². The molecule has 0 saturated carbocycles. The van der Waals surface area contributed by atoms with Crippen LogP contribution in [0.1, 0.15) is 5.56 Å². The summed E-state index contributed by atoms with van der Waals surface area (Å²) < 4.78 is 46.0. The van der Waals surface area contributed by atoms with Crippen LogP contribution in [0.15, 0.2) is 60.9 Å². The van der Waals surface area contributed by atoms with Crippen molar-refractivity contribution < 1.29 is 17.9 Å². The highest BCUT2D eigenvalue weighted by Crippen LogP contribution is 2.33. The van der Waals surface area contributed by atoms with Crippen LogP contribution in [0.2, 0.25) is 0 Å². The largest absolute Gasteiger partial charge is 0.497 e. The van der Waals surface area contributed by atoms with Crippen LogP contribution in [0.4, 0.5) is 13.2 Å². The second-order valence-corrected chi connectivity index (χ2v) is 5.75. The van der Waals surface area contributed by atoms with Crippen molar-refractivity contribution >= 4 is 11.2 Å². The number of aromatic nitrogens is 4. The van der Waals surface area contributed by atoms with Crippen LogP contribution in [0.5, 0.6) is 5.75 Å². The monoisotopic (exact) mass is 370 g/mol. The van der Waals surface area contributed by atoms with Gasteiger partial charge in [0.1, 0.15) is 17.0 Å². The van der Waals surface area contributed by atoms with Gasteiger partial charge in [0.05, 0.1) is 12.7 Å². The van der Waals surface area contributed by atoms with Crippen LogP contribution in [-0.4, -0.2) is 26.6 Å². The Labute approximate surface area is 152 Å². The van der Waals surface area contributed by atoms with Gasteiger partial charge in [-0.3, -0.25) is 9.55 Å². The first kappa shape index (κ1) is 17.0. The van der Waals surface area contributed by atoms with Gasteiger partial charge in [0.25, 0.3) is 0 Å². The van der Waals surface area contributed by atoms with E-state index in [-0.39, 0.29) is 5.52 Å². The molecule has 0 atom stereocenters. The third-order valence-electron chi connectivity index (χ3n) is 4.05. The molecule has 0 amide bonds. The molecule has 3 aromatic heterocycles. The highest BCUT2D eigenvalue weighted by molar-refractivity contribution is 5.79. The third kappa shape index (κ3) is 3.10. The zero-order valence-corrected chi connectivity index (χ0v) is 14.1. The molecule has 0 spiro atoms. The molecule has 0 bridgehead atoms. The van der Waals surface area contributed by atoms with Gasteiger partial charge >= 0.3 is 6.18 Å². The summed E-state index contributed by atoms with van der Waals surface area (Å²) in [5.41, 5.74) is 0.822. The van der Waals surface area contributed by atoms with Gasteiger partial charge in [-0.25, -0.2) is 9.97 Å². The average Bonchev–Trinajstić information content (AvgIpc) is 3.07. The van der Waals surface area contributed by atoms with Crippen molar-refractivity contribution in [3.8, 4) is 23.0 Å². The van der Waals surface area contributed by atoms with Crippen LogP contribution in [0.25, 0.3) is 28.4 Å². The molecule has 0 radical (unpaired) electrons. The zero-order chi connectivity index (χ0) is 19.0. The van der Waals surface area contributed by atoms with E-state index in [1.54, 1.807) is 60.3 Å². The van der Waals surface area contributed by atoms with E-state index in [0.29, 0.717) is 28.6 Å². The quantitative estimate of drug-likeness (QED) is 0.532. The smallest absolute Gasteiger partial charge is 0.417 e. The van der Waals surface area contributed by atoms with Gasteiger partial charge in [-0.1, -0.05) is 6.07 Å². The summed E-state index contributed by atoms with van der Waals surface area (Å²) in [7, 11) is 1.56. The van der Waals surface area contributed by atoms with Crippen molar-refractivity contribution in [3.63, 3.8) is 0 Å². The van der Waals surface area contributed by atoms with Crippen molar-refractivity contribution in [3.05, 3.63) is 66.5 Å². The molecule has 3 heterocycles. The summed E-state index contributed by atoms with van der Waals surface area (Å²) in [6.07, 6.45) is -2.08. The lowest BCUT2D eigenvalue weighted by Gasteiger charge is -2.10. The molecule has 27 heavy (non-hydrogen) atoms. The lowest BCUT2D eigenvalue weighted by atomic mass is 10.2. The van der Waals surface area contributed by atoms with Crippen LogP contribution >= 0.6 is 0 Å². The number of rotatable bonds is 3. The second kappa shape index (κ2) is 6.39. The molecule has 0 saturated heterocycles. The predicted octanol–water partition coefficient (Wildman–Crippen LogP) is 4.51. The van der Waals surface area contributed by atoms with Crippen LogP contribution in [-0.2, 0) is 6.18 Å². The van der Waals surface area contributed by atoms with E-state index in [1.807, 2.05) is 0 Å². The molecule has 1 aromatic carbocycles. The topological polar surface area (TPSA) is 52.8 Å². The minimum absolute atomic E-state index is 0.140. The van der Waals surface area contributed by atoms with Crippen LogP contribution < -0.4 is 4.74 Å². The molecule has 5 nitrogen and oxygen atoms in total. The molecule has 4 rings (SSSR count). The molecule has 0 unspecified atom stereocenters. The number of pyridine rings is 2. The van der Waals surface area contributed by atoms with Gasteiger partial charge < -0.3 is 4.74 Å². The number of methoxy groups -OCH3 is 1. The molecule has 0 fully saturated rings. The molecule has 0 aliphatic heterocycles. The standard InChI is InChI=1S/C19H13F3N4O/c1-27-14-7-5-13(6-8-14)26-17-16(10-12(11-24-17)19(20,21)22)25-18(26)15-4-2-3-9-23-15/h2-11H,1H3. The van der Waals surface area contributed by atoms with Gasteiger partial charge in [0.2, 0.25) is 0 Å². The molecule has 136 valence electrons. The molecular formula is C19H13F3N4O. The number of hydrogen-bond donors (Lipinski definition) is 0. The first-order valence-corrected chi connectivity index (χ1v) is 7.99. The van der Waals surface area contributed by atoms with E-state index in [4.69, 9.17) is 4.74 Å². The predicted molar refractivity (Wildman–Crippen MR) is 93.7 cm³/mol. The van der Waals surface area contributed by atoms with Crippen molar-refractivity contribution in [2.24, 2.45) is 0 Å². The summed E-state index contributed by atoms with van der Waals surface area (Å²) in [5, 5.41) is 0. The van der Waals surface area contributed by atoms with Gasteiger partial charge in [-0.2, -0.15) is 13.2 Å². The number of alkyl halides is 3. The Morgan fingerprint density at radius 1 is 1.00 bits per heavy atom. The number of nitrogens with zero attached hydrogens (tertiary/aromatic N) is 4. The van der Waals surface area contributed by atoms with Crippen molar-refractivity contribution in [2.45, 2.75) is 6.18 Å². The third-order valence-corrected chi connectivity index (χ3v) is 4.05. The number of benzene rings is 1. The van der Waals surface area contributed by atoms with Gasteiger partial charge in [0, 0.05) is 18.1 Å². The van der Waals surface area contributed by atoms with Crippen molar-refractivity contribution in [2.75, 3.05) is 7.11 Å². The SMILES string of the molecule is COc1ccc(-n2c(-c3ccccn3)nc3cc(C(F)(F)F)cnc32)cc1. The second-order valence-electron chi connectivity index (χ2n) is 5.75. The lowest BCUT2D eigenvalue weighted by Crippen LogP contribution is -2.05. The first-order valence-electron chi connectivity index (χ1n) is 7.99. The minimum Gasteiger partial charge on any atom is -0.497 e. The minimum atomic E-state index is -4.49. The number of halogens is 3. The molecule has 8 heteroatoms. The van der Waals surface area contributed by atoms with E-state index in [9.17, 15) is 13.2 Å². The molecule has 0 aliphatic carbocycles. The number of ether oxygens (including phenoxy) is 1. The fourth-order valence-corrected chi connectivity index (χ4v) is 2.76. The van der Waals surface area contributed by atoms with Crippen LogP contribution in [0.3, 0.4) is 0 Å². The van der Waals surface area contributed by atoms with Crippen LogP contribution in [0, 0.1) is 0 Å². The summed E-state index contributed by atoms with van der Waals surface area (Å²) in [5.74, 6) is 1.07. The molecule has 4 aromatic rings. The molecular weight excluding hydrogens is 357 g/mol. The fraction of sp³-hybridized carbons (Fsp3) is 0.105. The zero-order valence-electron chi connectivity index (χ0n) is 14.1. The normalized spacial score (nSPS) is 11.7. The maximum absolute atomic E-state index is 13.1. The van der Waals surface area contributed by atoms with E-state index < -0.39 is 11.7 Å². The Bertz CT molecular complexity index is 1090. The Morgan fingerprint density at radius 2 is 1.78 bits per heavy atom. The lowest BCUT2D eigenvalue weighted by molar-refractivity contribution is -0.137. The number of imidazole rings is 1. The first-order chi connectivity index (χ1) is 13.0. The summed E-state index contributed by atoms with van der Waals surface area (Å²) >= 11 is 0. The van der Waals surface area contributed by atoms with E-state index in [1.165, 1.54) is 0 Å². The molecule has 0 N–H and O–H groups in total. The van der Waals surface area contributed by atoms with Crippen molar-refractivity contribution in [1.29, 1.82) is 0 Å². The van der Waals surface area contributed by atoms with Crippen molar-refractivity contribution in [1.82, 2.24) is 19.5 Å². The van der Waals surface area contributed by atoms with E-state index in [0.717, 1.165) is 12.3 Å². The Morgan fingerprint density at radius 3 is 2.41 bits per heavy atom. The Hall–Kier alpha value is -3.42. The summed E-state index contributed by atoms with van der Waals surface area (Å²) in [6.45, 7) is 0. The number of hydrogen-bond acceptors (Lipinski definition) is 4. The average molecular weight is 370 g/mol. The Balaban J connectivity index is 1.98. The van der Waals surface area contributed by atoms with E-state index in [2.05, 4.69) is 15.0 Å². The maximum atomic E-state index is 13.1.